The van der Waals surface area contributed by atoms with Crippen LogP contribution in [0.1, 0.15) is 55.5 Å². The fourth-order valence-corrected chi connectivity index (χ4v) is 5.31. The van der Waals surface area contributed by atoms with Crippen molar-refractivity contribution in [2.75, 3.05) is 13.1 Å². The summed E-state index contributed by atoms with van der Waals surface area (Å²) < 4.78 is 1.81. The quantitative estimate of drug-likeness (QED) is 0.452. The summed E-state index contributed by atoms with van der Waals surface area (Å²) in [6.07, 6.45) is 1.37. The van der Waals surface area contributed by atoms with Crippen molar-refractivity contribution in [3.8, 4) is 0 Å². The molecule has 3 amide bonds. The average molecular weight is 481 g/mol. The van der Waals surface area contributed by atoms with Crippen molar-refractivity contribution < 1.29 is 14.4 Å². The van der Waals surface area contributed by atoms with Crippen LogP contribution in [-0.4, -0.2) is 50.2 Å². The second-order valence-corrected chi connectivity index (χ2v) is 9.28. The number of carbonyl (C=O) groups is 3. The third-order valence-electron chi connectivity index (χ3n) is 7.13. The zero-order chi connectivity index (χ0) is 24.8. The van der Waals surface area contributed by atoms with E-state index in [1.807, 2.05) is 30.3 Å². The average Bonchev–Trinajstić information content (AvgIpc) is 3.37. The lowest BCUT2D eigenvalue weighted by atomic mass is 10.0. The first-order valence-electron chi connectivity index (χ1n) is 12.0. The van der Waals surface area contributed by atoms with Crippen LogP contribution in [0.15, 0.2) is 77.6 Å². The van der Waals surface area contributed by atoms with Crippen LogP contribution in [0.3, 0.4) is 0 Å². The molecule has 0 spiro atoms. The molecule has 3 heterocycles. The number of hydrogen-bond donors (Lipinski definition) is 1. The van der Waals surface area contributed by atoms with Gasteiger partial charge >= 0.3 is 5.69 Å². The number of benzene rings is 3. The number of aromatic nitrogens is 2. The normalized spacial score (nSPS) is 16.1. The molecule has 0 radical (unpaired) electrons. The molecule has 0 aliphatic carbocycles. The molecule has 6 rings (SSSR count). The van der Waals surface area contributed by atoms with E-state index in [2.05, 4.69) is 4.98 Å². The van der Waals surface area contributed by atoms with E-state index in [0.717, 1.165) is 16.6 Å². The first-order valence-corrected chi connectivity index (χ1v) is 12.0. The molecule has 8 heteroatoms. The van der Waals surface area contributed by atoms with E-state index in [0.29, 0.717) is 42.6 Å². The molecule has 36 heavy (non-hydrogen) atoms. The molecule has 1 saturated heterocycles. The number of nitrogens with one attached hydrogen (secondary N) is 1. The van der Waals surface area contributed by atoms with Crippen LogP contribution in [0.25, 0.3) is 11.0 Å². The van der Waals surface area contributed by atoms with E-state index in [1.165, 1.54) is 4.90 Å². The molecule has 0 unspecified atom stereocenters. The van der Waals surface area contributed by atoms with Crippen LogP contribution in [0.4, 0.5) is 0 Å². The van der Waals surface area contributed by atoms with Crippen molar-refractivity contribution in [2.24, 2.45) is 0 Å². The van der Waals surface area contributed by atoms with Crippen LogP contribution < -0.4 is 5.69 Å². The van der Waals surface area contributed by atoms with Crippen molar-refractivity contribution in [1.82, 2.24) is 19.4 Å². The number of hydrogen-bond acceptors (Lipinski definition) is 4. The molecule has 180 valence electrons. The molecule has 8 nitrogen and oxygen atoms in total. The van der Waals surface area contributed by atoms with Crippen molar-refractivity contribution >= 4 is 28.8 Å². The van der Waals surface area contributed by atoms with E-state index < -0.39 is 0 Å². The lowest BCUT2D eigenvalue weighted by molar-refractivity contribution is 0.0641. The van der Waals surface area contributed by atoms with Crippen molar-refractivity contribution in [1.29, 1.82) is 0 Å². The maximum atomic E-state index is 13.3. The van der Waals surface area contributed by atoms with Crippen LogP contribution >= 0.6 is 0 Å². The number of amides is 3. The van der Waals surface area contributed by atoms with Gasteiger partial charge in [-0.3, -0.25) is 23.9 Å². The second kappa shape index (κ2) is 8.64. The summed E-state index contributed by atoms with van der Waals surface area (Å²) in [4.78, 5) is 57.2. The minimum absolute atomic E-state index is 0.0258. The minimum atomic E-state index is -0.318. The highest BCUT2D eigenvalue weighted by molar-refractivity contribution is 6.21. The van der Waals surface area contributed by atoms with E-state index in [1.54, 1.807) is 51.9 Å². The SMILES string of the molecule is O=C(c1cccc(CN2C(=O)c3ccccc3C2=O)c1)N1CCC(n2c(=O)[nH]c3ccccc32)CC1. The van der Waals surface area contributed by atoms with Gasteiger partial charge < -0.3 is 9.88 Å². The number of nitrogens with zero attached hydrogens (tertiary/aromatic N) is 3. The number of aromatic amines is 1. The first-order chi connectivity index (χ1) is 17.5. The van der Waals surface area contributed by atoms with Gasteiger partial charge in [0.25, 0.3) is 17.7 Å². The summed E-state index contributed by atoms with van der Waals surface area (Å²) in [5, 5.41) is 0. The van der Waals surface area contributed by atoms with Crippen molar-refractivity contribution in [3.63, 3.8) is 0 Å². The van der Waals surface area contributed by atoms with Gasteiger partial charge in [0, 0.05) is 24.7 Å². The van der Waals surface area contributed by atoms with Crippen LogP contribution in [-0.2, 0) is 6.54 Å². The molecule has 2 aliphatic rings. The van der Waals surface area contributed by atoms with Crippen molar-refractivity contribution in [2.45, 2.75) is 25.4 Å². The number of likely N-dealkylation sites (tertiary alicyclic amines) is 1. The number of imide groups is 1. The molecule has 1 aromatic heterocycles. The summed E-state index contributed by atoms with van der Waals surface area (Å²) >= 11 is 0. The Hall–Kier alpha value is -4.46. The van der Waals surface area contributed by atoms with Gasteiger partial charge in [-0.15, -0.1) is 0 Å². The lowest BCUT2D eigenvalue weighted by Gasteiger charge is -2.32. The zero-order valence-corrected chi connectivity index (χ0v) is 19.5. The predicted molar refractivity (Wildman–Crippen MR) is 134 cm³/mol. The van der Waals surface area contributed by atoms with E-state index >= 15 is 0 Å². The Kier molecular flexibility index (Phi) is 5.29. The number of piperidine rings is 1. The zero-order valence-electron chi connectivity index (χ0n) is 19.5. The Morgan fingerprint density at radius 3 is 2.22 bits per heavy atom. The maximum absolute atomic E-state index is 13.3. The summed E-state index contributed by atoms with van der Waals surface area (Å²) in [6.45, 7) is 1.19. The smallest absolute Gasteiger partial charge is 0.326 e. The van der Waals surface area contributed by atoms with Gasteiger partial charge in [0.05, 0.1) is 28.7 Å². The summed E-state index contributed by atoms with van der Waals surface area (Å²) in [5.41, 5.74) is 3.63. The highest BCUT2D eigenvalue weighted by atomic mass is 16.2. The Balaban J connectivity index is 1.15. The van der Waals surface area contributed by atoms with E-state index in [9.17, 15) is 19.2 Å². The van der Waals surface area contributed by atoms with Crippen LogP contribution in [0.2, 0.25) is 0 Å². The van der Waals surface area contributed by atoms with Gasteiger partial charge in [0.1, 0.15) is 0 Å². The number of rotatable bonds is 4. The molecule has 4 aromatic rings. The monoisotopic (exact) mass is 480 g/mol. The molecule has 2 aliphatic heterocycles. The first kappa shape index (κ1) is 22.0. The molecule has 1 fully saturated rings. The van der Waals surface area contributed by atoms with Gasteiger partial charge in [-0.2, -0.15) is 0 Å². The largest absolute Gasteiger partial charge is 0.338 e. The molecule has 0 bridgehead atoms. The van der Waals surface area contributed by atoms with Crippen molar-refractivity contribution in [3.05, 3.63) is 106 Å². The summed E-state index contributed by atoms with van der Waals surface area (Å²) in [7, 11) is 0. The molecular formula is C28H24N4O4. The van der Waals surface area contributed by atoms with E-state index in [4.69, 9.17) is 0 Å². The maximum Gasteiger partial charge on any atom is 0.326 e. The highest BCUT2D eigenvalue weighted by Crippen LogP contribution is 2.27. The number of imidazole rings is 1. The summed E-state index contributed by atoms with van der Waals surface area (Å²) in [5.74, 6) is -0.729. The number of carbonyl (C=O) groups excluding carboxylic acids is 3. The molecule has 0 atom stereocenters. The van der Waals surface area contributed by atoms with Gasteiger partial charge in [-0.05, 0) is 54.8 Å². The third kappa shape index (κ3) is 3.62. The molecule has 1 N–H and O–H groups in total. The third-order valence-corrected chi connectivity index (χ3v) is 7.13. The Labute approximate surface area is 206 Å². The number of H-pyrrole nitrogens is 1. The topological polar surface area (TPSA) is 95.5 Å². The lowest BCUT2D eigenvalue weighted by Crippen LogP contribution is -2.40. The van der Waals surface area contributed by atoms with Gasteiger partial charge in [-0.1, -0.05) is 36.4 Å². The Morgan fingerprint density at radius 1 is 0.833 bits per heavy atom. The Morgan fingerprint density at radius 2 is 1.50 bits per heavy atom. The highest BCUT2D eigenvalue weighted by Gasteiger charge is 2.35. The number of para-hydroxylation sites is 2. The fraction of sp³-hybridized carbons (Fsp3) is 0.214. The van der Waals surface area contributed by atoms with E-state index in [-0.39, 0.29) is 36.0 Å². The fourth-order valence-electron chi connectivity index (χ4n) is 5.31. The minimum Gasteiger partial charge on any atom is -0.338 e. The molecule has 0 saturated carbocycles. The van der Waals surface area contributed by atoms with Crippen LogP contribution in [0, 0.1) is 0 Å². The van der Waals surface area contributed by atoms with Gasteiger partial charge in [0.2, 0.25) is 0 Å². The van der Waals surface area contributed by atoms with Gasteiger partial charge in [-0.25, -0.2) is 4.79 Å². The Bertz CT molecular complexity index is 1540. The second-order valence-electron chi connectivity index (χ2n) is 9.28. The van der Waals surface area contributed by atoms with Gasteiger partial charge in [0.15, 0.2) is 0 Å². The predicted octanol–water partition coefficient (Wildman–Crippen LogP) is 3.60. The molecule has 3 aromatic carbocycles. The number of fused-ring (bicyclic) bond motifs is 2. The standard InChI is InChI=1S/C28H24N4O4/c33-25(30-14-12-20(13-15-30)32-24-11-4-3-10-23(24)29-28(32)36)19-7-5-6-18(16-19)17-31-26(34)21-8-1-2-9-22(21)27(31)35/h1-11,16,20H,12-15,17H2,(H,29,36). The van der Waals surface area contributed by atoms with Crippen LogP contribution in [0.5, 0.6) is 0 Å². The molecular weight excluding hydrogens is 456 g/mol. The summed E-state index contributed by atoms with van der Waals surface area (Å²) in [6, 6.07) is 21.6.